The number of amides is 4. The maximum atomic E-state index is 13.2. The fraction of sp³-hybridized carbons (Fsp3) is 0.526. The van der Waals surface area contributed by atoms with Gasteiger partial charge in [0.2, 0.25) is 5.91 Å². The van der Waals surface area contributed by atoms with E-state index in [4.69, 9.17) is 0 Å². The van der Waals surface area contributed by atoms with Gasteiger partial charge in [0.25, 0.3) is 5.91 Å². The van der Waals surface area contributed by atoms with E-state index >= 15 is 0 Å². The van der Waals surface area contributed by atoms with Gasteiger partial charge in [-0.25, -0.2) is 9.18 Å². The van der Waals surface area contributed by atoms with Gasteiger partial charge in [0.15, 0.2) is 0 Å². The van der Waals surface area contributed by atoms with Crippen LogP contribution in [-0.2, 0) is 9.59 Å². The van der Waals surface area contributed by atoms with Gasteiger partial charge in [-0.05, 0) is 50.3 Å². The van der Waals surface area contributed by atoms with E-state index in [9.17, 15) is 18.8 Å². The highest BCUT2D eigenvalue weighted by molar-refractivity contribution is 6.08. The number of nitrogens with one attached hydrogen (secondary N) is 2. The van der Waals surface area contributed by atoms with Crippen molar-refractivity contribution in [3.05, 3.63) is 35.6 Å². The Bertz CT molecular complexity index is 711. The second-order valence-electron chi connectivity index (χ2n) is 7.59. The lowest BCUT2D eigenvalue weighted by Gasteiger charge is -2.26. The van der Waals surface area contributed by atoms with E-state index in [1.165, 1.54) is 12.1 Å². The zero-order valence-corrected chi connectivity index (χ0v) is 15.0. The zero-order valence-electron chi connectivity index (χ0n) is 15.0. The molecule has 4 amide bonds. The van der Waals surface area contributed by atoms with Crippen LogP contribution in [0, 0.1) is 11.7 Å². The summed E-state index contributed by atoms with van der Waals surface area (Å²) in [6, 6.07) is 5.30. The third-order valence-corrected chi connectivity index (χ3v) is 5.16. The summed E-state index contributed by atoms with van der Waals surface area (Å²) in [5, 5.41) is 5.52. The van der Waals surface area contributed by atoms with Gasteiger partial charge in [0.05, 0.1) is 6.04 Å². The predicted molar refractivity (Wildman–Crippen MR) is 93.6 cm³/mol. The molecule has 0 radical (unpaired) electrons. The van der Waals surface area contributed by atoms with Crippen molar-refractivity contribution in [3.8, 4) is 0 Å². The quantitative estimate of drug-likeness (QED) is 0.791. The van der Waals surface area contributed by atoms with Crippen molar-refractivity contribution >= 4 is 17.8 Å². The summed E-state index contributed by atoms with van der Waals surface area (Å²) in [5.74, 6) is -0.875. The van der Waals surface area contributed by atoms with Crippen LogP contribution < -0.4 is 10.6 Å². The molecule has 1 atom stereocenters. The van der Waals surface area contributed by atoms with Crippen LogP contribution >= 0.6 is 0 Å². The Kier molecular flexibility index (Phi) is 4.98. The maximum absolute atomic E-state index is 13.2. The first-order valence-electron chi connectivity index (χ1n) is 8.97. The van der Waals surface area contributed by atoms with Crippen molar-refractivity contribution in [2.45, 2.75) is 51.1 Å². The Balaban J connectivity index is 1.72. The number of nitrogens with zero attached hydrogens (tertiary/aromatic N) is 1. The molecule has 1 aromatic carbocycles. The van der Waals surface area contributed by atoms with Crippen LogP contribution in [0.1, 0.15) is 51.1 Å². The molecule has 1 aliphatic heterocycles. The number of imide groups is 1. The van der Waals surface area contributed by atoms with Gasteiger partial charge in [0, 0.05) is 0 Å². The van der Waals surface area contributed by atoms with Crippen LogP contribution in [0.2, 0.25) is 0 Å². The van der Waals surface area contributed by atoms with E-state index in [-0.39, 0.29) is 24.3 Å². The van der Waals surface area contributed by atoms with Crippen molar-refractivity contribution in [1.29, 1.82) is 0 Å². The molecule has 6 nitrogen and oxygen atoms in total. The summed E-state index contributed by atoms with van der Waals surface area (Å²) in [4.78, 5) is 37.7. The second kappa shape index (κ2) is 7.05. The summed E-state index contributed by atoms with van der Waals surface area (Å²) in [6.45, 7) is 2.88. The van der Waals surface area contributed by atoms with E-state index in [0.717, 1.165) is 36.1 Å². The highest BCUT2D eigenvalue weighted by atomic mass is 19.1. The maximum Gasteiger partial charge on any atom is 0.325 e. The van der Waals surface area contributed by atoms with Crippen LogP contribution in [-0.4, -0.2) is 34.8 Å². The molecule has 0 aromatic heterocycles. The highest BCUT2D eigenvalue weighted by Crippen LogP contribution is 2.35. The Labute approximate surface area is 152 Å². The van der Waals surface area contributed by atoms with E-state index < -0.39 is 23.4 Å². The average molecular weight is 361 g/mol. The van der Waals surface area contributed by atoms with Crippen molar-refractivity contribution in [3.63, 3.8) is 0 Å². The molecule has 1 saturated heterocycles. The smallest absolute Gasteiger partial charge is 0.325 e. The number of rotatable bonds is 5. The molecule has 2 aliphatic rings. The third-order valence-electron chi connectivity index (χ3n) is 5.16. The molecule has 0 spiro atoms. The van der Waals surface area contributed by atoms with Crippen molar-refractivity contribution in [2.75, 3.05) is 6.54 Å². The van der Waals surface area contributed by atoms with Crippen molar-refractivity contribution < 1.29 is 18.8 Å². The standard InChI is InChI=1S/C19H24FN3O3/c1-19(2)17(25)23(18(26)22-19)11-15(24)21-16(12-5-3-4-6-12)13-7-9-14(20)10-8-13/h7-10,12,16H,3-6,11H2,1-2H3,(H,21,24)(H,22,26). The first-order valence-corrected chi connectivity index (χ1v) is 8.97. The van der Waals surface area contributed by atoms with Gasteiger partial charge in [0.1, 0.15) is 17.9 Å². The molecule has 1 aromatic rings. The molecule has 2 fully saturated rings. The van der Waals surface area contributed by atoms with Gasteiger partial charge in [-0.2, -0.15) is 0 Å². The number of urea groups is 1. The molecular formula is C19H24FN3O3. The van der Waals surface area contributed by atoms with Crippen molar-refractivity contribution in [2.24, 2.45) is 5.92 Å². The van der Waals surface area contributed by atoms with Gasteiger partial charge in [-0.1, -0.05) is 25.0 Å². The lowest BCUT2D eigenvalue weighted by atomic mass is 9.91. The number of halogens is 1. The summed E-state index contributed by atoms with van der Waals surface area (Å²) < 4.78 is 13.2. The first-order chi connectivity index (χ1) is 12.3. The zero-order chi connectivity index (χ0) is 18.9. The lowest BCUT2D eigenvalue weighted by molar-refractivity contribution is -0.134. The normalized spacial score (nSPS) is 21.0. The Morgan fingerprint density at radius 2 is 1.88 bits per heavy atom. The van der Waals surface area contributed by atoms with Crippen LogP contribution in [0.25, 0.3) is 0 Å². The molecule has 0 bridgehead atoms. The Hall–Kier alpha value is -2.44. The minimum atomic E-state index is -1.00. The monoisotopic (exact) mass is 361 g/mol. The van der Waals surface area contributed by atoms with Gasteiger partial charge < -0.3 is 10.6 Å². The molecule has 1 unspecified atom stereocenters. The molecule has 1 aliphatic carbocycles. The highest BCUT2D eigenvalue weighted by Gasteiger charge is 2.45. The van der Waals surface area contributed by atoms with Crippen LogP contribution in [0.3, 0.4) is 0 Å². The Morgan fingerprint density at radius 1 is 1.27 bits per heavy atom. The predicted octanol–water partition coefficient (Wildman–Crippen LogP) is 2.50. The minimum Gasteiger partial charge on any atom is -0.347 e. The van der Waals surface area contributed by atoms with Crippen molar-refractivity contribution in [1.82, 2.24) is 15.5 Å². The molecule has 1 saturated carbocycles. The molecule has 1 heterocycles. The first kappa shape index (κ1) is 18.4. The number of hydrogen-bond acceptors (Lipinski definition) is 3. The largest absolute Gasteiger partial charge is 0.347 e. The summed E-state index contributed by atoms with van der Waals surface area (Å²) in [6.07, 6.45) is 4.16. The van der Waals surface area contributed by atoms with E-state index in [0.29, 0.717) is 0 Å². The third kappa shape index (κ3) is 3.71. The number of benzene rings is 1. The molecule has 26 heavy (non-hydrogen) atoms. The van der Waals surface area contributed by atoms with Crippen LogP contribution in [0.15, 0.2) is 24.3 Å². The van der Waals surface area contributed by atoms with Gasteiger partial charge in [-0.3, -0.25) is 14.5 Å². The molecule has 7 heteroatoms. The number of carbonyl (C=O) groups is 3. The molecular weight excluding hydrogens is 337 g/mol. The van der Waals surface area contributed by atoms with E-state index in [2.05, 4.69) is 10.6 Å². The van der Waals surface area contributed by atoms with Gasteiger partial charge >= 0.3 is 6.03 Å². The SMILES string of the molecule is CC1(C)NC(=O)N(CC(=O)NC(c2ccc(F)cc2)C2CCCC2)C1=O. The van der Waals surface area contributed by atoms with E-state index in [1.807, 2.05) is 0 Å². The molecule has 3 rings (SSSR count). The summed E-state index contributed by atoms with van der Waals surface area (Å²) in [5.41, 5.74) is -0.164. The number of hydrogen-bond donors (Lipinski definition) is 2. The fourth-order valence-corrected chi connectivity index (χ4v) is 3.76. The second-order valence-corrected chi connectivity index (χ2v) is 7.59. The Morgan fingerprint density at radius 3 is 2.42 bits per heavy atom. The van der Waals surface area contributed by atoms with E-state index in [1.54, 1.807) is 26.0 Å². The molecule has 2 N–H and O–H groups in total. The van der Waals surface area contributed by atoms with Gasteiger partial charge in [-0.15, -0.1) is 0 Å². The van der Waals surface area contributed by atoms with Crippen LogP contribution in [0.5, 0.6) is 0 Å². The number of carbonyl (C=O) groups excluding carboxylic acids is 3. The fourth-order valence-electron chi connectivity index (χ4n) is 3.76. The summed E-state index contributed by atoms with van der Waals surface area (Å²) in [7, 11) is 0. The summed E-state index contributed by atoms with van der Waals surface area (Å²) >= 11 is 0. The average Bonchev–Trinajstić information content (AvgIpc) is 3.17. The van der Waals surface area contributed by atoms with Crippen LogP contribution in [0.4, 0.5) is 9.18 Å². The lowest BCUT2D eigenvalue weighted by Crippen LogP contribution is -2.44. The minimum absolute atomic E-state index is 0.251. The topological polar surface area (TPSA) is 78.5 Å². The molecule has 140 valence electrons.